The molecule has 0 radical (unpaired) electrons. The fourth-order valence-electron chi connectivity index (χ4n) is 1.38. The van der Waals surface area contributed by atoms with E-state index >= 15 is 0 Å². The van der Waals surface area contributed by atoms with Crippen molar-refractivity contribution in [3.63, 3.8) is 0 Å². The number of hydrogen-bond donors (Lipinski definition) is 0. The second-order valence-electron chi connectivity index (χ2n) is 3.71. The van der Waals surface area contributed by atoms with Crippen LogP contribution in [0.4, 0.5) is 0 Å². The van der Waals surface area contributed by atoms with E-state index in [9.17, 15) is 9.59 Å². The highest BCUT2D eigenvalue weighted by atomic mass is 16.5. The highest BCUT2D eigenvalue weighted by Crippen LogP contribution is 2.04. The lowest BCUT2D eigenvalue weighted by atomic mass is 10.1. The van der Waals surface area contributed by atoms with Crippen molar-refractivity contribution in [2.75, 3.05) is 6.61 Å². The van der Waals surface area contributed by atoms with Crippen LogP contribution in [0, 0.1) is 0 Å². The highest BCUT2D eigenvalue weighted by Gasteiger charge is 2.02. The van der Waals surface area contributed by atoms with E-state index in [-0.39, 0.29) is 5.97 Å². The number of carbonyl (C=O) groups excluding carboxylic acids is 2. The Labute approximate surface area is 112 Å². The van der Waals surface area contributed by atoms with Crippen molar-refractivity contribution in [3.05, 3.63) is 65.8 Å². The molecule has 2 rings (SSSR count). The number of hydrogen-bond acceptors (Lipinski definition) is 3. The zero-order chi connectivity index (χ0) is 13.9. The molecule has 98 valence electrons. The first-order valence-corrected chi connectivity index (χ1v) is 6.07. The number of esters is 1. The van der Waals surface area contributed by atoms with Crippen LogP contribution in [0.15, 0.2) is 60.2 Å². The summed E-state index contributed by atoms with van der Waals surface area (Å²) in [6, 6.07) is 8.96. The molecule has 0 aromatic heterocycles. The molecule has 0 N–H and O–H groups in total. The Morgan fingerprint density at radius 1 is 1.26 bits per heavy atom. The maximum atomic E-state index is 11.0. The van der Waals surface area contributed by atoms with E-state index in [0.717, 1.165) is 12.0 Å². The van der Waals surface area contributed by atoms with Crippen LogP contribution in [-0.2, 0) is 9.53 Å². The predicted molar refractivity (Wildman–Crippen MR) is 74.5 cm³/mol. The zero-order valence-electron chi connectivity index (χ0n) is 10.8. The van der Waals surface area contributed by atoms with E-state index in [1.165, 1.54) is 0 Å². The van der Waals surface area contributed by atoms with E-state index in [1.54, 1.807) is 25.1 Å². The van der Waals surface area contributed by atoms with Gasteiger partial charge in [-0.15, -0.1) is 0 Å². The van der Waals surface area contributed by atoms with Gasteiger partial charge in [-0.3, -0.25) is 0 Å². The monoisotopic (exact) mass is 256 g/mol. The Morgan fingerprint density at radius 3 is 2.47 bits per heavy atom. The van der Waals surface area contributed by atoms with Gasteiger partial charge < -0.3 is 4.74 Å². The molecule has 1 aromatic carbocycles. The summed E-state index contributed by atoms with van der Waals surface area (Å²) in [5.74, 6) is 1.58. The lowest BCUT2D eigenvalue weighted by molar-refractivity contribution is 0.0526. The van der Waals surface area contributed by atoms with Gasteiger partial charge in [0.15, 0.2) is 0 Å². The predicted octanol–water partition coefficient (Wildman–Crippen LogP) is 3.12. The zero-order valence-corrected chi connectivity index (χ0v) is 10.8. The van der Waals surface area contributed by atoms with Crippen molar-refractivity contribution in [2.45, 2.75) is 13.3 Å². The standard InChI is InChI=1S/C9H10O2.C7H6O/c1-2-11-9(10)8-6-4-3-5-7-8;8-6-7-4-2-1-3-5-7/h3-7H,2H2,1H3;1-4H,5H2. The maximum absolute atomic E-state index is 11.0. The van der Waals surface area contributed by atoms with Crippen LogP contribution >= 0.6 is 0 Å². The third-order valence-corrected chi connectivity index (χ3v) is 2.30. The van der Waals surface area contributed by atoms with E-state index in [0.29, 0.717) is 12.2 Å². The van der Waals surface area contributed by atoms with E-state index < -0.39 is 0 Å². The van der Waals surface area contributed by atoms with Crippen molar-refractivity contribution in [2.24, 2.45) is 0 Å². The molecule has 19 heavy (non-hydrogen) atoms. The molecule has 0 atom stereocenters. The van der Waals surface area contributed by atoms with E-state index in [4.69, 9.17) is 4.74 Å². The minimum absolute atomic E-state index is 0.256. The minimum Gasteiger partial charge on any atom is -0.462 e. The largest absolute Gasteiger partial charge is 0.462 e. The lowest BCUT2D eigenvalue weighted by Crippen LogP contribution is -2.03. The fraction of sp³-hybridized carbons (Fsp3) is 0.188. The summed E-state index contributed by atoms with van der Waals surface area (Å²) in [6.45, 7) is 2.22. The molecule has 1 aromatic rings. The molecule has 3 nitrogen and oxygen atoms in total. The second-order valence-corrected chi connectivity index (χ2v) is 3.71. The molecular weight excluding hydrogens is 240 g/mol. The van der Waals surface area contributed by atoms with Crippen LogP contribution in [-0.4, -0.2) is 18.5 Å². The average molecular weight is 256 g/mol. The van der Waals surface area contributed by atoms with Crippen LogP contribution in [0.25, 0.3) is 0 Å². The summed E-state index contributed by atoms with van der Waals surface area (Å²) in [6.07, 6.45) is 8.19. The quantitative estimate of drug-likeness (QED) is 0.603. The van der Waals surface area contributed by atoms with Crippen molar-refractivity contribution in [1.29, 1.82) is 0 Å². The Hall–Kier alpha value is -2.38. The SMILES string of the molecule is CCOC(=O)c1ccccc1.O=C=C1C=CC=CC1. The summed E-state index contributed by atoms with van der Waals surface area (Å²) < 4.78 is 4.79. The summed E-state index contributed by atoms with van der Waals surface area (Å²) in [7, 11) is 0. The maximum Gasteiger partial charge on any atom is 0.338 e. The molecular formula is C16H16O3. The molecule has 0 heterocycles. The molecule has 0 bridgehead atoms. The van der Waals surface area contributed by atoms with Gasteiger partial charge in [0, 0.05) is 12.0 Å². The second kappa shape index (κ2) is 8.67. The van der Waals surface area contributed by atoms with Crippen molar-refractivity contribution in [3.8, 4) is 0 Å². The van der Waals surface area contributed by atoms with Gasteiger partial charge in [-0.1, -0.05) is 36.4 Å². The Kier molecular flexibility index (Phi) is 6.70. The molecule has 0 amide bonds. The highest BCUT2D eigenvalue weighted by molar-refractivity contribution is 5.89. The smallest absolute Gasteiger partial charge is 0.338 e. The number of allylic oxidation sites excluding steroid dienone is 5. The van der Waals surface area contributed by atoms with Gasteiger partial charge in [-0.05, 0) is 25.1 Å². The number of ether oxygens (including phenoxy) is 1. The molecule has 1 aliphatic carbocycles. The lowest BCUT2D eigenvalue weighted by Gasteiger charge is -1.99. The fourth-order valence-corrected chi connectivity index (χ4v) is 1.38. The van der Waals surface area contributed by atoms with Crippen molar-refractivity contribution < 1.29 is 14.3 Å². The molecule has 1 aliphatic rings. The minimum atomic E-state index is -0.256. The summed E-state index contributed by atoms with van der Waals surface area (Å²) in [5, 5.41) is 0. The third-order valence-electron chi connectivity index (χ3n) is 2.30. The first-order valence-electron chi connectivity index (χ1n) is 6.07. The Bertz CT molecular complexity index is 506. The van der Waals surface area contributed by atoms with Gasteiger partial charge in [0.1, 0.15) is 5.94 Å². The first-order chi connectivity index (χ1) is 9.27. The summed E-state index contributed by atoms with van der Waals surface area (Å²) in [5.41, 5.74) is 1.34. The molecule has 0 fully saturated rings. The number of carbonyl (C=O) groups is 1. The van der Waals surface area contributed by atoms with Crippen LogP contribution in [0.1, 0.15) is 23.7 Å². The summed E-state index contributed by atoms with van der Waals surface area (Å²) in [4.78, 5) is 20.9. The van der Waals surface area contributed by atoms with E-state index in [2.05, 4.69) is 0 Å². The van der Waals surface area contributed by atoms with Gasteiger partial charge in [-0.2, -0.15) is 0 Å². The number of benzene rings is 1. The van der Waals surface area contributed by atoms with Crippen LogP contribution < -0.4 is 0 Å². The third kappa shape index (κ3) is 5.66. The molecule has 0 unspecified atom stereocenters. The van der Waals surface area contributed by atoms with Gasteiger partial charge in [0.2, 0.25) is 0 Å². The van der Waals surface area contributed by atoms with Crippen molar-refractivity contribution >= 4 is 11.9 Å². The molecule has 0 saturated carbocycles. The van der Waals surface area contributed by atoms with Gasteiger partial charge in [0.25, 0.3) is 0 Å². The van der Waals surface area contributed by atoms with Crippen LogP contribution in [0.3, 0.4) is 0 Å². The van der Waals surface area contributed by atoms with Crippen LogP contribution in [0.2, 0.25) is 0 Å². The van der Waals surface area contributed by atoms with Crippen molar-refractivity contribution in [1.82, 2.24) is 0 Å². The van der Waals surface area contributed by atoms with Crippen LogP contribution in [0.5, 0.6) is 0 Å². The molecule has 0 saturated heterocycles. The first kappa shape index (κ1) is 14.7. The average Bonchev–Trinajstić information content (AvgIpc) is 2.50. The van der Waals surface area contributed by atoms with E-state index in [1.807, 2.05) is 42.4 Å². The Balaban J connectivity index is 0.000000200. The molecule has 0 spiro atoms. The molecule has 0 aliphatic heterocycles. The van der Waals surface area contributed by atoms with Gasteiger partial charge in [0.05, 0.1) is 12.2 Å². The van der Waals surface area contributed by atoms with Gasteiger partial charge >= 0.3 is 5.97 Å². The summed E-state index contributed by atoms with van der Waals surface area (Å²) >= 11 is 0. The Morgan fingerprint density at radius 2 is 2.00 bits per heavy atom. The topological polar surface area (TPSA) is 43.4 Å². The normalized spacial score (nSPS) is 12.2. The molecule has 3 heteroatoms. The number of rotatable bonds is 2. The van der Waals surface area contributed by atoms with Gasteiger partial charge in [-0.25, -0.2) is 9.59 Å².